The third kappa shape index (κ3) is 5.18. The average Bonchev–Trinajstić information content (AvgIpc) is 3.17. The Balaban J connectivity index is 2.10. The molecule has 3 amide bonds. The highest BCUT2D eigenvalue weighted by Crippen LogP contribution is 2.26. The first kappa shape index (κ1) is 21.6. The maximum Gasteiger partial charge on any atom is 0.272 e. The number of hydrogen-bond acceptors (Lipinski definition) is 6. The first-order valence-electron chi connectivity index (χ1n) is 9.80. The Labute approximate surface area is 160 Å². The van der Waals surface area contributed by atoms with Gasteiger partial charge in [0.25, 0.3) is 5.91 Å². The van der Waals surface area contributed by atoms with E-state index in [9.17, 15) is 19.5 Å². The van der Waals surface area contributed by atoms with Crippen molar-refractivity contribution < 1.29 is 24.7 Å². The molecule has 2 heterocycles. The van der Waals surface area contributed by atoms with Gasteiger partial charge >= 0.3 is 0 Å². The number of hydrogen-bond donors (Lipinski definition) is 3. The Kier molecular flexibility index (Phi) is 8.00. The Bertz CT molecular complexity index is 536. The van der Waals surface area contributed by atoms with Gasteiger partial charge in [-0.05, 0) is 26.3 Å². The van der Waals surface area contributed by atoms with Crippen LogP contribution in [-0.2, 0) is 14.4 Å². The molecule has 2 aliphatic rings. The van der Waals surface area contributed by atoms with Gasteiger partial charge in [-0.25, -0.2) is 5.48 Å². The number of unbranched alkanes of at least 4 members (excludes halogenated alkanes) is 1. The molecule has 0 aromatic carbocycles. The van der Waals surface area contributed by atoms with Crippen LogP contribution >= 0.6 is 0 Å². The predicted octanol–water partition coefficient (Wildman–Crippen LogP) is -0.576. The largest absolute Gasteiger partial charge is 0.382 e. The molecule has 0 aliphatic carbocycles. The summed E-state index contributed by atoms with van der Waals surface area (Å²) in [6, 6.07) is -0.533. The number of carbonyl (C=O) groups excluding carboxylic acids is 3. The third-order valence-corrected chi connectivity index (χ3v) is 5.58. The second-order valence-electron chi connectivity index (χ2n) is 7.49. The Morgan fingerprint density at radius 2 is 1.81 bits per heavy atom. The molecule has 27 heavy (non-hydrogen) atoms. The number of nitrogens with one attached hydrogen (secondary N) is 1. The quantitative estimate of drug-likeness (QED) is 0.400. The van der Waals surface area contributed by atoms with Gasteiger partial charge in [-0.15, -0.1) is 0 Å². The molecule has 154 valence electrons. The monoisotopic (exact) mass is 384 g/mol. The summed E-state index contributed by atoms with van der Waals surface area (Å²) in [5.41, 5.74) is 1.42. The normalized spacial score (nSPS) is 23.2. The maximum absolute atomic E-state index is 13.1. The number of likely N-dealkylation sites (N-methyl/N-ethyl adjacent to an activating group) is 1. The summed E-state index contributed by atoms with van der Waals surface area (Å²) in [6.45, 7) is 5.29. The minimum atomic E-state index is -1.63. The van der Waals surface area contributed by atoms with E-state index in [1.54, 1.807) is 4.90 Å². The molecule has 0 spiro atoms. The molecule has 0 unspecified atom stereocenters. The van der Waals surface area contributed by atoms with Gasteiger partial charge in [0.15, 0.2) is 0 Å². The van der Waals surface area contributed by atoms with E-state index in [4.69, 9.17) is 5.21 Å². The molecular weight excluding hydrogens is 352 g/mol. The Morgan fingerprint density at radius 1 is 1.15 bits per heavy atom. The van der Waals surface area contributed by atoms with Crippen molar-refractivity contribution in [1.29, 1.82) is 0 Å². The smallest absolute Gasteiger partial charge is 0.272 e. The minimum absolute atomic E-state index is 0.0516. The van der Waals surface area contributed by atoms with E-state index in [0.717, 1.165) is 25.9 Å². The molecule has 2 rings (SSSR count). The molecular formula is C18H32N4O5. The first-order valence-corrected chi connectivity index (χ1v) is 9.80. The fourth-order valence-corrected chi connectivity index (χ4v) is 3.83. The summed E-state index contributed by atoms with van der Waals surface area (Å²) in [5.74, 6) is -2.39. The van der Waals surface area contributed by atoms with Crippen LogP contribution in [-0.4, -0.2) is 94.7 Å². The van der Waals surface area contributed by atoms with Crippen molar-refractivity contribution >= 4 is 17.7 Å². The van der Waals surface area contributed by atoms with Gasteiger partial charge in [0.1, 0.15) is 12.1 Å². The Morgan fingerprint density at radius 3 is 2.41 bits per heavy atom. The molecule has 3 atom stereocenters. The van der Waals surface area contributed by atoms with Gasteiger partial charge < -0.3 is 19.8 Å². The molecule has 0 saturated carbocycles. The number of hydroxylamine groups is 1. The van der Waals surface area contributed by atoms with Gasteiger partial charge in [-0.3, -0.25) is 19.6 Å². The fourth-order valence-electron chi connectivity index (χ4n) is 3.83. The van der Waals surface area contributed by atoms with Crippen LogP contribution in [0.5, 0.6) is 0 Å². The van der Waals surface area contributed by atoms with E-state index in [2.05, 4.69) is 4.90 Å². The van der Waals surface area contributed by atoms with E-state index in [1.807, 2.05) is 14.0 Å². The zero-order valence-electron chi connectivity index (χ0n) is 16.3. The number of rotatable bonds is 7. The van der Waals surface area contributed by atoms with Gasteiger partial charge in [-0.1, -0.05) is 19.8 Å². The van der Waals surface area contributed by atoms with Crippen LogP contribution in [0, 0.1) is 5.92 Å². The van der Waals surface area contributed by atoms with Crippen LogP contribution in [0.15, 0.2) is 0 Å². The van der Waals surface area contributed by atoms with Crippen molar-refractivity contribution in [2.75, 3.05) is 39.8 Å². The summed E-state index contributed by atoms with van der Waals surface area (Å²) < 4.78 is 0. The molecule has 0 aromatic rings. The van der Waals surface area contributed by atoms with E-state index in [0.29, 0.717) is 38.9 Å². The minimum Gasteiger partial charge on any atom is -0.382 e. The number of likely N-dealkylation sites (tertiary alicyclic amines) is 1. The average molecular weight is 384 g/mol. The topological polar surface area (TPSA) is 113 Å². The number of nitrogens with zero attached hydrogens (tertiary/aromatic N) is 3. The van der Waals surface area contributed by atoms with Crippen molar-refractivity contribution in [2.45, 2.75) is 51.2 Å². The number of carbonyl (C=O) groups is 3. The molecule has 9 nitrogen and oxygen atoms in total. The molecule has 3 N–H and O–H groups in total. The number of piperazine rings is 1. The third-order valence-electron chi connectivity index (χ3n) is 5.58. The molecule has 2 aliphatic heterocycles. The lowest BCUT2D eigenvalue weighted by Crippen LogP contribution is -2.55. The lowest BCUT2D eigenvalue weighted by atomic mass is 9.93. The van der Waals surface area contributed by atoms with Gasteiger partial charge in [-0.2, -0.15) is 0 Å². The van der Waals surface area contributed by atoms with Crippen LogP contribution in [0.1, 0.15) is 39.0 Å². The maximum atomic E-state index is 13.1. The van der Waals surface area contributed by atoms with Crippen molar-refractivity contribution in [2.24, 2.45) is 5.92 Å². The highest BCUT2D eigenvalue weighted by atomic mass is 16.5. The fraction of sp³-hybridized carbons (Fsp3) is 0.833. The highest BCUT2D eigenvalue weighted by Gasteiger charge is 2.42. The summed E-state index contributed by atoms with van der Waals surface area (Å²) in [6.07, 6.45) is 1.49. The van der Waals surface area contributed by atoms with Crippen molar-refractivity contribution in [1.82, 2.24) is 20.2 Å². The first-order chi connectivity index (χ1) is 12.9. The standard InChI is InChI=1S/C18H32N4O5/c1-3-4-6-13(15(23)16(24)19-27)17(25)22-8-5-7-14(22)18(26)21-11-9-20(2)10-12-21/h13-15,23,27H,3-12H2,1-2H3,(H,19,24)/t13-,14+,15+/m1/s1. The van der Waals surface area contributed by atoms with Gasteiger partial charge in [0, 0.05) is 32.7 Å². The number of aliphatic hydroxyl groups excluding tert-OH is 1. The Hall–Kier alpha value is -1.71. The highest BCUT2D eigenvalue weighted by molar-refractivity contribution is 5.92. The van der Waals surface area contributed by atoms with Crippen LogP contribution in [0.3, 0.4) is 0 Å². The van der Waals surface area contributed by atoms with E-state index in [-0.39, 0.29) is 11.8 Å². The summed E-state index contributed by atoms with van der Waals surface area (Å²) in [7, 11) is 2.01. The second kappa shape index (κ2) is 10.0. The van der Waals surface area contributed by atoms with Crippen molar-refractivity contribution in [3.8, 4) is 0 Å². The summed E-state index contributed by atoms with van der Waals surface area (Å²) in [5, 5.41) is 19.0. The summed E-state index contributed by atoms with van der Waals surface area (Å²) in [4.78, 5) is 43.2. The SMILES string of the molecule is CCCC[C@@H](C(=O)N1CCC[C@H]1C(=O)N1CCN(C)CC1)[C@H](O)C(=O)NO. The van der Waals surface area contributed by atoms with Crippen LogP contribution in [0.4, 0.5) is 0 Å². The zero-order valence-corrected chi connectivity index (χ0v) is 16.3. The molecule has 0 aromatic heterocycles. The summed E-state index contributed by atoms with van der Waals surface area (Å²) >= 11 is 0. The number of amides is 3. The van der Waals surface area contributed by atoms with Crippen LogP contribution in [0.2, 0.25) is 0 Å². The van der Waals surface area contributed by atoms with E-state index >= 15 is 0 Å². The van der Waals surface area contributed by atoms with E-state index < -0.39 is 24.0 Å². The number of aliphatic hydroxyl groups is 1. The van der Waals surface area contributed by atoms with Crippen LogP contribution in [0.25, 0.3) is 0 Å². The molecule has 0 bridgehead atoms. The van der Waals surface area contributed by atoms with Gasteiger partial charge in [0.05, 0.1) is 5.92 Å². The molecule has 0 radical (unpaired) electrons. The molecule has 2 saturated heterocycles. The van der Waals surface area contributed by atoms with Crippen LogP contribution < -0.4 is 5.48 Å². The second-order valence-corrected chi connectivity index (χ2v) is 7.49. The zero-order chi connectivity index (χ0) is 20.0. The van der Waals surface area contributed by atoms with Crippen molar-refractivity contribution in [3.63, 3.8) is 0 Å². The lowest BCUT2D eigenvalue weighted by molar-refractivity contribution is -0.154. The predicted molar refractivity (Wildman–Crippen MR) is 97.8 cm³/mol. The van der Waals surface area contributed by atoms with Gasteiger partial charge in [0.2, 0.25) is 11.8 Å². The lowest BCUT2D eigenvalue weighted by Gasteiger charge is -2.36. The molecule has 9 heteroatoms. The molecule has 2 fully saturated rings. The van der Waals surface area contributed by atoms with Crippen molar-refractivity contribution in [3.05, 3.63) is 0 Å². The van der Waals surface area contributed by atoms with E-state index in [1.165, 1.54) is 10.4 Å².